The third-order valence-corrected chi connectivity index (χ3v) is 3.07. The maximum atomic E-state index is 11.5. The van der Waals surface area contributed by atoms with Gasteiger partial charge in [-0.25, -0.2) is 0 Å². The SMILES string of the molecule is CCC1CCC(NCC(=O)OC(C)(C)C)C1. The zero-order valence-electron chi connectivity index (χ0n) is 11.0. The Hall–Kier alpha value is -0.570. The lowest BCUT2D eigenvalue weighted by molar-refractivity contribution is -0.153. The molecule has 0 heterocycles. The smallest absolute Gasteiger partial charge is 0.320 e. The quantitative estimate of drug-likeness (QED) is 0.750. The van der Waals surface area contributed by atoms with Crippen LogP contribution in [0.5, 0.6) is 0 Å². The van der Waals surface area contributed by atoms with E-state index in [1.54, 1.807) is 0 Å². The van der Waals surface area contributed by atoms with Gasteiger partial charge in [-0.1, -0.05) is 13.3 Å². The molecule has 2 atom stereocenters. The van der Waals surface area contributed by atoms with Gasteiger partial charge in [0, 0.05) is 6.04 Å². The molecule has 0 aromatic rings. The third kappa shape index (κ3) is 4.97. The van der Waals surface area contributed by atoms with Gasteiger partial charge >= 0.3 is 5.97 Å². The number of nitrogens with one attached hydrogen (secondary N) is 1. The predicted molar refractivity (Wildman–Crippen MR) is 65.3 cm³/mol. The first-order valence-electron chi connectivity index (χ1n) is 6.36. The molecule has 0 radical (unpaired) electrons. The minimum absolute atomic E-state index is 0.146. The zero-order chi connectivity index (χ0) is 12.2. The maximum absolute atomic E-state index is 11.5. The van der Waals surface area contributed by atoms with Crippen LogP contribution in [0, 0.1) is 5.92 Å². The Morgan fingerprint density at radius 3 is 2.56 bits per heavy atom. The second-order valence-corrected chi connectivity index (χ2v) is 5.75. The molecule has 1 aliphatic rings. The first-order valence-corrected chi connectivity index (χ1v) is 6.36. The Balaban J connectivity index is 2.18. The van der Waals surface area contributed by atoms with Gasteiger partial charge in [0.05, 0.1) is 6.54 Å². The standard InChI is InChI=1S/C13H25NO2/c1-5-10-6-7-11(8-10)14-9-12(15)16-13(2,3)4/h10-11,14H,5-9H2,1-4H3. The van der Waals surface area contributed by atoms with Gasteiger partial charge in [-0.2, -0.15) is 0 Å². The summed E-state index contributed by atoms with van der Waals surface area (Å²) in [5.74, 6) is 0.698. The lowest BCUT2D eigenvalue weighted by Gasteiger charge is -2.20. The van der Waals surface area contributed by atoms with E-state index in [4.69, 9.17) is 4.74 Å². The van der Waals surface area contributed by atoms with Crippen molar-refractivity contribution in [2.45, 2.75) is 65.0 Å². The maximum Gasteiger partial charge on any atom is 0.320 e. The van der Waals surface area contributed by atoms with Crippen molar-refractivity contribution in [3.63, 3.8) is 0 Å². The van der Waals surface area contributed by atoms with E-state index in [0.717, 1.165) is 5.92 Å². The number of hydrogen-bond acceptors (Lipinski definition) is 3. The minimum Gasteiger partial charge on any atom is -0.459 e. The summed E-state index contributed by atoms with van der Waals surface area (Å²) < 4.78 is 5.25. The molecule has 1 aliphatic carbocycles. The van der Waals surface area contributed by atoms with Crippen molar-refractivity contribution in [2.24, 2.45) is 5.92 Å². The molecule has 0 amide bonds. The monoisotopic (exact) mass is 227 g/mol. The summed E-state index contributed by atoms with van der Waals surface area (Å²) in [6.45, 7) is 8.27. The summed E-state index contributed by atoms with van der Waals surface area (Å²) in [7, 11) is 0. The highest BCUT2D eigenvalue weighted by atomic mass is 16.6. The van der Waals surface area contributed by atoms with E-state index < -0.39 is 0 Å². The van der Waals surface area contributed by atoms with Crippen molar-refractivity contribution in [3.05, 3.63) is 0 Å². The van der Waals surface area contributed by atoms with E-state index in [1.165, 1.54) is 25.7 Å². The fraction of sp³-hybridized carbons (Fsp3) is 0.923. The Morgan fingerprint density at radius 2 is 2.06 bits per heavy atom. The Kier molecular flexibility index (Phi) is 4.78. The molecule has 1 rings (SSSR count). The van der Waals surface area contributed by atoms with E-state index in [0.29, 0.717) is 12.6 Å². The first-order chi connectivity index (χ1) is 7.40. The zero-order valence-corrected chi connectivity index (χ0v) is 11.0. The van der Waals surface area contributed by atoms with Crippen LogP contribution in [0.15, 0.2) is 0 Å². The summed E-state index contributed by atoms with van der Waals surface area (Å²) in [4.78, 5) is 11.5. The molecule has 1 N–H and O–H groups in total. The predicted octanol–water partition coefficient (Wildman–Crippen LogP) is 2.50. The molecule has 3 nitrogen and oxygen atoms in total. The van der Waals surface area contributed by atoms with Crippen LogP contribution < -0.4 is 5.32 Å². The van der Waals surface area contributed by atoms with Gasteiger partial charge in [-0.05, 0) is 46.0 Å². The topological polar surface area (TPSA) is 38.3 Å². The number of carbonyl (C=O) groups excluding carboxylic acids is 1. The largest absolute Gasteiger partial charge is 0.459 e. The lowest BCUT2D eigenvalue weighted by Crippen LogP contribution is -2.36. The normalized spacial score (nSPS) is 25.8. The van der Waals surface area contributed by atoms with E-state index in [9.17, 15) is 4.79 Å². The molecule has 0 aromatic carbocycles. The van der Waals surface area contributed by atoms with Crippen molar-refractivity contribution < 1.29 is 9.53 Å². The van der Waals surface area contributed by atoms with Gasteiger partial charge < -0.3 is 10.1 Å². The molecule has 0 spiro atoms. The van der Waals surface area contributed by atoms with E-state index in [1.807, 2.05) is 20.8 Å². The summed E-state index contributed by atoms with van der Waals surface area (Å²) in [5.41, 5.74) is -0.375. The second-order valence-electron chi connectivity index (χ2n) is 5.75. The number of ether oxygens (including phenoxy) is 1. The average molecular weight is 227 g/mol. The molecule has 2 unspecified atom stereocenters. The van der Waals surface area contributed by atoms with Crippen molar-refractivity contribution in [2.75, 3.05) is 6.54 Å². The third-order valence-electron chi connectivity index (χ3n) is 3.07. The number of esters is 1. The van der Waals surface area contributed by atoms with Crippen molar-refractivity contribution >= 4 is 5.97 Å². The summed E-state index contributed by atoms with van der Waals surface area (Å²) >= 11 is 0. The molecule has 1 fully saturated rings. The van der Waals surface area contributed by atoms with Crippen LogP contribution in [0.4, 0.5) is 0 Å². The van der Waals surface area contributed by atoms with Crippen molar-refractivity contribution in [1.29, 1.82) is 0 Å². The lowest BCUT2D eigenvalue weighted by atomic mass is 10.1. The second kappa shape index (κ2) is 5.67. The fourth-order valence-corrected chi connectivity index (χ4v) is 2.24. The van der Waals surface area contributed by atoms with Gasteiger partial charge in [0.15, 0.2) is 0 Å². The van der Waals surface area contributed by atoms with Crippen LogP contribution in [0.3, 0.4) is 0 Å². The van der Waals surface area contributed by atoms with E-state index in [-0.39, 0.29) is 11.6 Å². The van der Waals surface area contributed by atoms with Crippen LogP contribution >= 0.6 is 0 Å². The van der Waals surface area contributed by atoms with E-state index in [2.05, 4.69) is 12.2 Å². The highest BCUT2D eigenvalue weighted by molar-refractivity contribution is 5.72. The Labute approximate surface area is 98.9 Å². The highest BCUT2D eigenvalue weighted by Crippen LogP contribution is 2.27. The molecule has 0 bridgehead atoms. The molecule has 3 heteroatoms. The molecule has 1 saturated carbocycles. The highest BCUT2D eigenvalue weighted by Gasteiger charge is 2.24. The molecule has 16 heavy (non-hydrogen) atoms. The Bertz CT molecular complexity index is 233. The molecular formula is C13H25NO2. The van der Waals surface area contributed by atoms with Crippen LogP contribution in [-0.4, -0.2) is 24.2 Å². The van der Waals surface area contributed by atoms with Crippen LogP contribution in [0.1, 0.15) is 53.4 Å². The van der Waals surface area contributed by atoms with Gasteiger partial charge in [0.1, 0.15) is 5.60 Å². The summed E-state index contributed by atoms with van der Waals surface area (Å²) in [6.07, 6.45) is 4.95. The summed E-state index contributed by atoms with van der Waals surface area (Å²) in [6, 6.07) is 0.512. The van der Waals surface area contributed by atoms with Crippen molar-refractivity contribution in [1.82, 2.24) is 5.32 Å². The van der Waals surface area contributed by atoms with Gasteiger partial charge in [0.25, 0.3) is 0 Å². The molecule has 0 aliphatic heterocycles. The average Bonchev–Trinajstić information content (AvgIpc) is 2.59. The van der Waals surface area contributed by atoms with E-state index >= 15 is 0 Å². The van der Waals surface area contributed by atoms with Crippen LogP contribution in [0.2, 0.25) is 0 Å². The van der Waals surface area contributed by atoms with Crippen molar-refractivity contribution in [3.8, 4) is 0 Å². The fourth-order valence-electron chi connectivity index (χ4n) is 2.24. The summed E-state index contributed by atoms with van der Waals surface area (Å²) in [5, 5.41) is 3.29. The van der Waals surface area contributed by atoms with Gasteiger partial charge in [-0.15, -0.1) is 0 Å². The number of rotatable bonds is 4. The molecule has 0 aromatic heterocycles. The Morgan fingerprint density at radius 1 is 1.38 bits per heavy atom. The molecular weight excluding hydrogens is 202 g/mol. The number of carbonyl (C=O) groups is 1. The van der Waals surface area contributed by atoms with Crippen LogP contribution in [-0.2, 0) is 9.53 Å². The van der Waals surface area contributed by atoms with Gasteiger partial charge in [-0.3, -0.25) is 4.79 Å². The number of hydrogen-bond donors (Lipinski definition) is 1. The molecule has 0 saturated heterocycles. The first kappa shape index (κ1) is 13.5. The minimum atomic E-state index is -0.375. The van der Waals surface area contributed by atoms with Crippen LogP contribution in [0.25, 0.3) is 0 Å². The molecule has 94 valence electrons. The van der Waals surface area contributed by atoms with Gasteiger partial charge in [0.2, 0.25) is 0 Å².